The summed E-state index contributed by atoms with van der Waals surface area (Å²) in [6.07, 6.45) is 3.38. The van der Waals surface area contributed by atoms with Crippen molar-refractivity contribution in [2.45, 2.75) is 12.8 Å². The molecule has 1 amide bonds. The van der Waals surface area contributed by atoms with Crippen LogP contribution in [-0.4, -0.2) is 37.7 Å². The minimum absolute atomic E-state index is 0.0116. The van der Waals surface area contributed by atoms with E-state index in [1.807, 2.05) is 54.6 Å². The number of amides is 1. The van der Waals surface area contributed by atoms with E-state index in [1.165, 1.54) is 0 Å². The van der Waals surface area contributed by atoms with Gasteiger partial charge in [0.15, 0.2) is 0 Å². The molecule has 1 saturated heterocycles. The molecule has 8 heteroatoms. The van der Waals surface area contributed by atoms with E-state index in [-0.39, 0.29) is 11.8 Å². The fourth-order valence-electron chi connectivity index (χ4n) is 3.83. The maximum absolute atomic E-state index is 13.0. The molecule has 4 aromatic rings. The predicted octanol–water partition coefficient (Wildman–Crippen LogP) is 4.00. The van der Waals surface area contributed by atoms with Gasteiger partial charge in [0.1, 0.15) is 23.2 Å². The highest BCUT2D eigenvalue weighted by molar-refractivity contribution is 7.00. The maximum atomic E-state index is 13.0. The Labute approximate surface area is 178 Å². The minimum Gasteiger partial charge on any atom is -0.356 e. The summed E-state index contributed by atoms with van der Waals surface area (Å²) in [5.41, 5.74) is 4.20. The zero-order valence-electron chi connectivity index (χ0n) is 16.2. The largest absolute Gasteiger partial charge is 0.356 e. The summed E-state index contributed by atoms with van der Waals surface area (Å²) in [6.45, 7) is 1.50. The molecule has 30 heavy (non-hydrogen) atoms. The fourth-order valence-corrected chi connectivity index (χ4v) is 4.38. The molecule has 3 heterocycles. The molecular weight excluding hydrogens is 396 g/mol. The van der Waals surface area contributed by atoms with Gasteiger partial charge < -0.3 is 10.2 Å². The van der Waals surface area contributed by atoms with Gasteiger partial charge in [-0.15, -0.1) is 0 Å². The maximum Gasteiger partial charge on any atom is 0.229 e. The first kappa shape index (κ1) is 18.6. The molecule has 1 aliphatic rings. The lowest BCUT2D eigenvalue weighted by atomic mass is 9.97. The Morgan fingerprint density at radius 2 is 1.97 bits per heavy atom. The van der Waals surface area contributed by atoms with Gasteiger partial charge in [-0.1, -0.05) is 36.4 Å². The van der Waals surface area contributed by atoms with Gasteiger partial charge >= 0.3 is 0 Å². The Balaban J connectivity index is 1.32. The van der Waals surface area contributed by atoms with E-state index in [1.54, 1.807) is 6.33 Å². The van der Waals surface area contributed by atoms with Crippen LogP contribution in [0.1, 0.15) is 12.8 Å². The summed E-state index contributed by atoms with van der Waals surface area (Å²) in [6, 6.07) is 17.7. The number of aromatic nitrogens is 4. The van der Waals surface area contributed by atoms with E-state index in [0.717, 1.165) is 64.9 Å². The van der Waals surface area contributed by atoms with Crippen molar-refractivity contribution in [3.05, 3.63) is 60.9 Å². The van der Waals surface area contributed by atoms with Crippen LogP contribution in [0.5, 0.6) is 0 Å². The molecule has 0 bridgehead atoms. The molecule has 1 aliphatic heterocycles. The van der Waals surface area contributed by atoms with Gasteiger partial charge in [-0.3, -0.25) is 4.79 Å². The zero-order chi connectivity index (χ0) is 20.3. The molecule has 0 saturated carbocycles. The van der Waals surface area contributed by atoms with Gasteiger partial charge in [0, 0.05) is 24.7 Å². The standard InChI is InChI=1S/C22H20N6OS/c29-22(25-17-9-4-10-18-21(17)27-30-26-18)16-8-5-11-28(13-16)20-12-19(23-14-24-20)15-6-2-1-3-7-15/h1-4,6-7,9-10,12,14,16H,5,8,11,13H2,(H,25,29). The summed E-state index contributed by atoms with van der Waals surface area (Å²) >= 11 is 1.15. The number of nitrogens with one attached hydrogen (secondary N) is 1. The second kappa shape index (κ2) is 8.16. The average molecular weight is 417 g/mol. The van der Waals surface area contributed by atoms with Gasteiger partial charge in [-0.05, 0) is 25.0 Å². The quantitative estimate of drug-likeness (QED) is 0.541. The Morgan fingerprint density at radius 3 is 2.87 bits per heavy atom. The third kappa shape index (κ3) is 3.73. The van der Waals surface area contributed by atoms with Crippen molar-refractivity contribution in [1.29, 1.82) is 0 Å². The van der Waals surface area contributed by atoms with Crippen LogP contribution in [0.15, 0.2) is 60.9 Å². The molecule has 0 aliphatic carbocycles. The van der Waals surface area contributed by atoms with Crippen LogP contribution in [-0.2, 0) is 4.79 Å². The second-order valence-corrected chi connectivity index (χ2v) is 7.87. The fraction of sp³-hybridized carbons (Fsp3) is 0.227. The van der Waals surface area contributed by atoms with Crippen molar-refractivity contribution in [2.75, 3.05) is 23.3 Å². The third-order valence-electron chi connectivity index (χ3n) is 5.38. The molecule has 1 atom stereocenters. The minimum atomic E-state index is -0.115. The lowest BCUT2D eigenvalue weighted by molar-refractivity contribution is -0.120. The van der Waals surface area contributed by atoms with Gasteiger partial charge in [0.05, 0.1) is 29.0 Å². The second-order valence-electron chi connectivity index (χ2n) is 7.34. The molecule has 0 spiro atoms. The van der Waals surface area contributed by atoms with E-state index in [4.69, 9.17) is 0 Å². The summed E-state index contributed by atoms with van der Waals surface area (Å²) in [5.74, 6) is 0.750. The number of fused-ring (bicyclic) bond motifs is 1. The molecule has 2 aromatic carbocycles. The summed E-state index contributed by atoms with van der Waals surface area (Å²) in [7, 11) is 0. The van der Waals surface area contributed by atoms with Crippen molar-refractivity contribution >= 4 is 40.2 Å². The molecule has 7 nitrogen and oxygen atoms in total. The van der Waals surface area contributed by atoms with Crippen molar-refractivity contribution < 1.29 is 4.79 Å². The Morgan fingerprint density at radius 1 is 1.07 bits per heavy atom. The van der Waals surface area contributed by atoms with Gasteiger partial charge in [0.2, 0.25) is 5.91 Å². The number of carbonyl (C=O) groups excluding carboxylic acids is 1. The molecule has 150 valence electrons. The van der Waals surface area contributed by atoms with Crippen molar-refractivity contribution in [2.24, 2.45) is 5.92 Å². The van der Waals surface area contributed by atoms with Crippen molar-refractivity contribution in [1.82, 2.24) is 18.7 Å². The number of benzene rings is 2. The van der Waals surface area contributed by atoms with Crippen LogP contribution in [0.2, 0.25) is 0 Å². The molecule has 1 fully saturated rings. The number of piperidine rings is 1. The third-order valence-corrected chi connectivity index (χ3v) is 5.92. The lowest BCUT2D eigenvalue weighted by Gasteiger charge is -2.33. The van der Waals surface area contributed by atoms with E-state index in [9.17, 15) is 4.79 Å². The lowest BCUT2D eigenvalue weighted by Crippen LogP contribution is -2.41. The average Bonchev–Trinajstić information content (AvgIpc) is 3.30. The predicted molar refractivity (Wildman–Crippen MR) is 118 cm³/mol. The number of carbonyl (C=O) groups is 1. The molecule has 5 rings (SSSR count). The number of rotatable bonds is 4. The number of hydrogen-bond acceptors (Lipinski definition) is 7. The topological polar surface area (TPSA) is 83.9 Å². The van der Waals surface area contributed by atoms with E-state index >= 15 is 0 Å². The summed E-state index contributed by atoms with van der Waals surface area (Å²) < 4.78 is 8.55. The van der Waals surface area contributed by atoms with Crippen molar-refractivity contribution in [3.8, 4) is 11.3 Å². The molecule has 1 unspecified atom stereocenters. The van der Waals surface area contributed by atoms with Crippen LogP contribution >= 0.6 is 11.7 Å². The zero-order valence-corrected chi connectivity index (χ0v) is 17.0. The van der Waals surface area contributed by atoms with E-state index in [2.05, 4.69) is 28.9 Å². The van der Waals surface area contributed by atoms with Gasteiger partial charge in [-0.2, -0.15) is 8.75 Å². The van der Waals surface area contributed by atoms with E-state index < -0.39 is 0 Å². The summed E-state index contributed by atoms with van der Waals surface area (Å²) in [5, 5.41) is 3.06. The highest BCUT2D eigenvalue weighted by atomic mass is 32.1. The number of anilines is 2. The van der Waals surface area contributed by atoms with Crippen LogP contribution in [0, 0.1) is 5.92 Å². The van der Waals surface area contributed by atoms with Crippen LogP contribution in [0.3, 0.4) is 0 Å². The van der Waals surface area contributed by atoms with Crippen LogP contribution < -0.4 is 10.2 Å². The molecule has 2 aromatic heterocycles. The Hall–Kier alpha value is -3.39. The molecule has 1 N–H and O–H groups in total. The van der Waals surface area contributed by atoms with E-state index in [0.29, 0.717) is 6.54 Å². The van der Waals surface area contributed by atoms with Crippen molar-refractivity contribution in [3.63, 3.8) is 0 Å². The highest BCUT2D eigenvalue weighted by Crippen LogP contribution is 2.27. The smallest absolute Gasteiger partial charge is 0.229 e. The first-order chi connectivity index (χ1) is 14.8. The SMILES string of the molecule is O=C(Nc1cccc2nsnc12)C1CCCN(c2cc(-c3ccccc3)ncn2)C1. The number of hydrogen-bond donors (Lipinski definition) is 1. The Kier molecular flexibility index (Phi) is 5.06. The molecule has 0 radical (unpaired) electrons. The highest BCUT2D eigenvalue weighted by Gasteiger charge is 2.27. The van der Waals surface area contributed by atoms with Crippen LogP contribution in [0.25, 0.3) is 22.3 Å². The number of nitrogens with zero attached hydrogens (tertiary/aromatic N) is 5. The molecular formula is C22H20N6OS. The Bertz CT molecular complexity index is 1180. The monoisotopic (exact) mass is 416 g/mol. The summed E-state index contributed by atoms with van der Waals surface area (Å²) in [4.78, 5) is 24.0. The normalized spacial score (nSPS) is 16.5. The van der Waals surface area contributed by atoms with Crippen LogP contribution in [0.4, 0.5) is 11.5 Å². The van der Waals surface area contributed by atoms with Gasteiger partial charge in [-0.25, -0.2) is 9.97 Å². The first-order valence-corrected chi connectivity index (χ1v) is 10.7. The van der Waals surface area contributed by atoms with Gasteiger partial charge in [0.25, 0.3) is 0 Å². The first-order valence-electron chi connectivity index (χ1n) is 9.92.